The number of amides is 1. The first kappa shape index (κ1) is 30.3. The number of hydrogen-bond acceptors (Lipinski definition) is 8. The first-order valence-electron chi connectivity index (χ1n) is 13.5. The fourth-order valence-corrected chi connectivity index (χ4v) is 5.40. The molecule has 13 heteroatoms. The largest absolute Gasteiger partial charge is 0.573 e. The number of benzene rings is 3. The Bertz CT molecular complexity index is 1620. The summed E-state index contributed by atoms with van der Waals surface area (Å²) in [5.74, 6) is 0.354. The van der Waals surface area contributed by atoms with E-state index in [1.165, 1.54) is 47.0 Å². The zero-order valence-electron chi connectivity index (χ0n) is 23.4. The summed E-state index contributed by atoms with van der Waals surface area (Å²) in [6.45, 7) is 4.39. The highest BCUT2D eigenvalue weighted by molar-refractivity contribution is 8.15. The molecule has 1 saturated heterocycles. The molecule has 4 aromatic rings. The van der Waals surface area contributed by atoms with Gasteiger partial charge in [-0.25, -0.2) is 14.7 Å². The van der Waals surface area contributed by atoms with Crippen LogP contribution < -0.4 is 15.0 Å². The molecule has 1 atom stereocenters. The molecule has 2 heterocycles. The van der Waals surface area contributed by atoms with Gasteiger partial charge in [0.15, 0.2) is 11.0 Å². The first-order valence-corrected chi connectivity index (χ1v) is 14.4. The summed E-state index contributed by atoms with van der Waals surface area (Å²) in [7, 11) is 0. The number of nitrogens with one attached hydrogen (secondary N) is 1. The molecule has 1 aliphatic heterocycles. The number of aromatic nitrogens is 3. The topological polar surface area (TPSA) is 105 Å². The van der Waals surface area contributed by atoms with Crippen molar-refractivity contribution < 1.29 is 27.8 Å². The molecule has 3 aromatic carbocycles. The van der Waals surface area contributed by atoms with E-state index in [0.29, 0.717) is 36.1 Å². The van der Waals surface area contributed by atoms with Crippen LogP contribution in [0.2, 0.25) is 0 Å². The van der Waals surface area contributed by atoms with Crippen LogP contribution in [0.25, 0.3) is 17.1 Å². The second-order valence-electron chi connectivity index (χ2n) is 9.91. The quantitative estimate of drug-likeness (QED) is 0.183. The van der Waals surface area contributed by atoms with Gasteiger partial charge in [-0.3, -0.25) is 15.0 Å². The second-order valence-corrected chi connectivity index (χ2v) is 10.8. The average molecular weight is 611 g/mol. The highest BCUT2D eigenvalue weighted by Gasteiger charge is 2.32. The summed E-state index contributed by atoms with van der Waals surface area (Å²) in [4.78, 5) is 22.8. The number of anilines is 1. The van der Waals surface area contributed by atoms with E-state index in [9.17, 15) is 23.1 Å². The van der Waals surface area contributed by atoms with Crippen LogP contribution in [0, 0.1) is 13.8 Å². The molecule has 0 radical (unpaired) electrons. The number of hydrogen-bond donors (Lipinski definition) is 2. The minimum Gasteiger partial charge on any atom is -0.406 e. The smallest absolute Gasteiger partial charge is 0.406 e. The Morgan fingerprint density at radius 2 is 1.91 bits per heavy atom. The number of ether oxygens (including phenoxy) is 1. The maximum absolute atomic E-state index is 12.6. The van der Waals surface area contributed by atoms with Gasteiger partial charge >= 0.3 is 6.36 Å². The van der Waals surface area contributed by atoms with Gasteiger partial charge in [0.05, 0.1) is 17.1 Å². The van der Waals surface area contributed by atoms with Gasteiger partial charge in [-0.15, -0.1) is 18.3 Å². The number of carbonyl (C=O) groups is 1. The SMILES string of the molecule is Cc1ccc(C)c(N2C(=O)CS/C2=N\C(O)NCCCc2cccc(-c3ncn(-c4ccc(OC(F)(F)F)cc4)n3)c2)c1. The molecule has 5 rings (SSSR count). The van der Waals surface area contributed by atoms with Crippen LogP contribution >= 0.6 is 11.8 Å². The number of nitrogens with zero attached hydrogens (tertiary/aromatic N) is 5. The van der Waals surface area contributed by atoms with Crippen LogP contribution in [0.4, 0.5) is 18.9 Å². The predicted molar refractivity (Wildman–Crippen MR) is 159 cm³/mol. The minimum absolute atomic E-state index is 0.0720. The summed E-state index contributed by atoms with van der Waals surface area (Å²) < 4.78 is 42.6. The standard InChI is InChI=1S/C30H29F3N6O3S/c1-19-8-9-20(2)25(15-19)39-26(40)17-43-29(39)36-28(41)34-14-4-6-21-5-3-7-22(16-21)27-35-18-38(37-27)23-10-12-24(13-11-23)42-30(31,32)33/h3,5,7-13,15-16,18,28,34,41H,4,6,14,17H2,1-2H3/b36-29-. The summed E-state index contributed by atoms with van der Waals surface area (Å²) in [6, 6.07) is 19.0. The Morgan fingerprint density at radius 3 is 2.67 bits per heavy atom. The van der Waals surface area contributed by atoms with Crippen molar-refractivity contribution in [2.45, 2.75) is 39.4 Å². The highest BCUT2D eigenvalue weighted by atomic mass is 32.2. The predicted octanol–water partition coefficient (Wildman–Crippen LogP) is 5.38. The lowest BCUT2D eigenvalue weighted by molar-refractivity contribution is -0.274. The maximum Gasteiger partial charge on any atom is 0.573 e. The summed E-state index contributed by atoms with van der Waals surface area (Å²) in [5.41, 5.74) is 5.13. The first-order chi connectivity index (χ1) is 20.6. The fraction of sp³-hybridized carbons (Fsp3) is 0.267. The Labute approximate surface area is 250 Å². The Kier molecular flexibility index (Phi) is 9.14. The molecule has 1 aromatic heterocycles. The maximum atomic E-state index is 12.6. The summed E-state index contributed by atoms with van der Waals surface area (Å²) in [6.07, 6.45) is -2.99. The number of halogens is 3. The van der Waals surface area contributed by atoms with Crippen LogP contribution in [0.3, 0.4) is 0 Å². The van der Waals surface area contributed by atoms with E-state index >= 15 is 0 Å². The van der Waals surface area contributed by atoms with Crippen molar-refractivity contribution in [3.8, 4) is 22.8 Å². The number of carbonyl (C=O) groups excluding carboxylic acids is 1. The third kappa shape index (κ3) is 7.80. The number of aliphatic hydroxyl groups is 1. The van der Waals surface area contributed by atoms with Gasteiger partial charge in [0.2, 0.25) is 12.3 Å². The normalized spacial score (nSPS) is 15.3. The molecule has 1 fully saturated rings. The molecule has 0 saturated carbocycles. The molecule has 1 amide bonds. The molecular weight excluding hydrogens is 581 g/mol. The molecule has 1 aliphatic rings. The van der Waals surface area contributed by atoms with Gasteiger partial charge in [-0.05, 0) is 86.3 Å². The van der Waals surface area contributed by atoms with Crippen LogP contribution in [-0.2, 0) is 11.2 Å². The second kappa shape index (κ2) is 13.0. The van der Waals surface area contributed by atoms with Crippen LogP contribution in [0.15, 0.2) is 78.0 Å². The number of rotatable bonds is 10. The van der Waals surface area contributed by atoms with Gasteiger partial charge in [0.1, 0.15) is 12.1 Å². The lowest BCUT2D eigenvalue weighted by Gasteiger charge is -2.20. The monoisotopic (exact) mass is 610 g/mol. The Balaban J connectivity index is 1.15. The number of aliphatic hydroxyl groups excluding tert-OH is 1. The minimum atomic E-state index is -4.75. The van der Waals surface area contributed by atoms with E-state index < -0.39 is 12.7 Å². The van der Waals surface area contributed by atoms with Gasteiger partial charge in [0, 0.05) is 5.56 Å². The zero-order chi connectivity index (χ0) is 30.6. The molecule has 0 aliphatic carbocycles. The lowest BCUT2D eigenvalue weighted by Crippen LogP contribution is -2.34. The summed E-state index contributed by atoms with van der Waals surface area (Å²) in [5, 5.41) is 18.4. The highest BCUT2D eigenvalue weighted by Crippen LogP contribution is 2.30. The molecule has 0 bridgehead atoms. The lowest BCUT2D eigenvalue weighted by atomic mass is 10.1. The molecule has 0 spiro atoms. The van der Waals surface area contributed by atoms with E-state index in [0.717, 1.165) is 27.9 Å². The van der Waals surface area contributed by atoms with Gasteiger partial charge in [-0.2, -0.15) is 0 Å². The molecule has 1 unspecified atom stereocenters. The van der Waals surface area contributed by atoms with Crippen molar-refractivity contribution in [1.82, 2.24) is 20.1 Å². The number of alkyl halides is 3. The van der Waals surface area contributed by atoms with Gasteiger partial charge in [0.25, 0.3) is 0 Å². The van der Waals surface area contributed by atoms with Crippen molar-refractivity contribution in [3.63, 3.8) is 0 Å². The number of aliphatic imine (C=N–C) groups is 1. The fourth-order valence-electron chi connectivity index (χ4n) is 4.51. The molecule has 224 valence electrons. The molecule has 43 heavy (non-hydrogen) atoms. The van der Waals surface area contributed by atoms with Gasteiger partial charge in [-0.1, -0.05) is 42.1 Å². The molecule has 2 N–H and O–H groups in total. The Hall–Kier alpha value is -4.20. The van der Waals surface area contributed by atoms with Crippen molar-refractivity contribution in [3.05, 3.63) is 89.7 Å². The third-order valence-corrected chi connectivity index (χ3v) is 7.52. The van der Waals surface area contributed by atoms with E-state index in [-0.39, 0.29) is 17.4 Å². The van der Waals surface area contributed by atoms with E-state index in [2.05, 4.69) is 25.1 Å². The summed E-state index contributed by atoms with van der Waals surface area (Å²) >= 11 is 1.30. The van der Waals surface area contributed by atoms with Crippen molar-refractivity contribution in [1.29, 1.82) is 0 Å². The molecule has 9 nitrogen and oxygen atoms in total. The van der Waals surface area contributed by atoms with Crippen molar-refractivity contribution >= 4 is 28.5 Å². The van der Waals surface area contributed by atoms with Crippen LogP contribution in [0.5, 0.6) is 5.75 Å². The molecular formula is C30H29F3N6O3S. The van der Waals surface area contributed by atoms with Crippen molar-refractivity contribution in [2.24, 2.45) is 4.99 Å². The van der Waals surface area contributed by atoms with E-state index in [1.54, 1.807) is 4.90 Å². The van der Waals surface area contributed by atoms with Crippen molar-refractivity contribution in [2.75, 3.05) is 17.2 Å². The number of thioether (sulfide) groups is 1. The number of amidine groups is 1. The average Bonchev–Trinajstić information content (AvgIpc) is 3.59. The Morgan fingerprint density at radius 1 is 1.12 bits per heavy atom. The zero-order valence-corrected chi connectivity index (χ0v) is 24.2. The van der Waals surface area contributed by atoms with Gasteiger partial charge < -0.3 is 9.84 Å². The van der Waals surface area contributed by atoms with Crippen LogP contribution in [-0.4, -0.2) is 56.0 Å². The third-order valence-electron chi connectivity index (χ3n) is 6.58. The van der Waals surface area contributed by atoms with E-state index in [4.69, 9.17) is 0 Å². The number of aryl methyl sites for hydroxylation is 3. The van der Waals surface area contributed by atoms with Crippen LogP contribution in [0.1, 0.15) is 23.1 Å². The van der Waals surface area contributed by atoms with E-state index in [1.807, 2.05) is 56.3 Å².